The molecule has 9 heteroatoms. The minimum atomic E-state index is -4.15. The van der Waals surface area contributed by atoms with Gasteiger partial charge in [-0.3, -0.25) is 4.79 Å². The summed E-state index contributed by atoms with van der Waals surface area (Å²) in [6, 6.07) is 27.8. The molecule has 0 aliphatic heterocycles. The zero-order valence-electron chi connectivity index (χ0n) is 20.4. The first-order valence-electron chi connectivity index (χ1n) is 12.1. The molecule has 38 heavy (non-hydrogen) atoms. The highest BCUT2D eigenvalue weighted by molar-refractivity contribution is 7.89. The van der Waals surface area contributed by atoms with Crippen LogP contribution in [-0.2, 0) is 19.6 Å². The van der Waals surface area contributed by atoms with Gasteiger partial charge in [0.05, 0.1) is 4.90 Å². The predicted molar refractivity (Wildman–Crippen MR) is 143 cm³/mol. The Labute approximate surface area is 220 Å². The number of hydrogen-bond acceptors (Lipinski definition) is 5. The smallest absolute Gasteiger partial charge is 0.407 e. The minimum Gasteiger partial charge on any atom is -0.480 e. The Kier molecular flexibility index (Phi) is 7.13. The van der Waals surface area contributed by atoms with Crippen molar-refractivity contribution in [2.24, 2.45) is 0 Å². The molecule has 4 aromatic rings. The molecule has 194 valence electrons. The van der Waals surface area contributed by atoms with Crippen molar-refractivity contribution in [1.29, 1.82) is 0 Å². The van der Waals surface area contributed by atoms with Gasteiger partial charge in [-0.15, -0.1) is 0 Å². The van der Waals surface area contributed by atoms with Crippen LogP contribution in [0.3, 0.4) is 0 Å². The fraction of sp³-hybridized carbons (Fsp3) is 0.172. The molecule has 1 aliphatic carbocycles. The topological polar surface area (TPSA) is 113 Å². The summed E-state index contributed by atoms with van der Waals surface area (Å²) in [7, 11) is -4.15. The Morgan fingerprint density at radius 2 is 1.45 bits per heavy atom. The number of carboxylic acids is 1. The average Bonchev–Trinajstić information content (AvgIpc) is 3.24. The number of amides is 1. The maximum absolute atomic E-state index is 13.4. The number of carbonyl (C=O) groups is 2. The number of nitrogens with zero attached hydrogens (tertiary/aromatic N) is 1. The molecule has 0 aromatic heterocycles. The SMILES string of the molecule is O=C(O)CN(CCNC(=O)OCC1c2ccccc2-c2ccccc21)S(=O)(=O)c1cccc2ccccc12. The first kappa shape index (κ1) is 25.4. The van der Waals surface area contributed by atoms with Crippen LogP contribution in [0.1, 0.15) is 17.0 Å². The Bertz CT molecular complexity index is 1570. The van der Waals surface area contributed by atoms with Gasteiger partial charge in [-0.25, -0.2) is 13.2 Å². The third-order valence-electron chi connectivity index (χ3n) is 6.65. The lowest BCUT2D eigenvalue weighted by Crippen LogP contribution is -2.41. The first-order chi connectivity index (χ1) is 18.4. The maximum Gasteiger partial charge on any atom is 0.407 e. The quantitative estimate of drug-likeness (QED) is 0.331. The highest BCUT2D eigenvalue weighted by Gasteiger charge is 2.30. The first-order valence-corrected chi connectivity index (χ1v) is 13.6. The van der Waals surface area contributed by atoms with Crippen LogP contribution in [0.4, 0.5) is 4.79 Å². The summed E-state index contributed by atoms with van der Waals surface area (Å²) in [6.45, 7) is -0.971. The maximum atomic E-state index is 13.4. The van der Waals surface area contributed by atoms with Crippen molar-refractivity contribution in [2.75, 3.05) is 26.2 Å². The lowest BCUT2D eigenvalue weighted by molar-refractivity contribution is -0.137. The Hall–Kier alpha value is -4.21. The van der Waals surface area contributed by atoms with E-state index in [-0.39, 0.29) is 30.5 Å². The summed E-state index contributed by atoms with van der Waals surface area (Å²) in [6.07, 6.45) is -0.704. The number of benzene rings is 4. The van der Waals surface area contributed by atoms with Gasteiger partial charge in [0.1, 0.15) is 13.2 Å². The van der Waals surface area contributed by atoms with E-state index >= 15 is 0 Å². The van der Waals surface area contributed by atoms with Crippen LogP contribution in [0.2, 0.25) is 0 Å². The van der Waals surface area contributed by atoms with Gasteiger partial charge in [-0.1, -0.05) is 84.9 Å². The van der Waals surface area contributed by atoms with E-state index in [0.29, 0.717) is 5.39 Å². The van der Waals surface area contributed by atoms with Crippen LogP contribution >= 0.6 is 0 Å². The second kappa shape index (κ2) is 10.6. The largest absolute Gasteiger partial charge is 0.480 e. The van der Waals surface area contributed by atoms with Crippen molar-refractivity contribution in [3.63, 3.8) is 0 Å². The fourth-order valence-electron chi connectivity index (χ4n) is 4.93. The van der Waals surface area contributed by atoms with Crippen LogP contribution in [0.5, 0.6) is 0 Å². The number of aliphatic carboxylic acids is 1. The summed E-state index contributed by atoms with van der Waals surface area (Å²) >= 11 is 0. The number of nitrogens with one attached hydrogen (secondary N) is 1. The number of hydrogen-bond donors (Lipinski definition) is 2. The zero-order valence-corrected chi connectivity index (χ0v) is 21.2. The molecule has 0 heterocycles. The van der Waals surface area contributed by atoms with E-state index < -0.39 is 28.6 Å². The highest BCUT2D eigenvalue weighted by Crippen LogP contribution is 2.44. The monoisotopic (exact) mass is 530 g/mol. The summed E-state index contributed by atoms with van der Waals surface area (Å²) < 4.78 is 33.2. The fourth-order valence-corrected chi connectivity index (χ4v) is 6.53. The van der Waals surface area contributed by atoms with Crippen molar-refractivity contribution < 1.29 is 27.9 Å². The zero-order chi connectivity index (χ0) is 26.7. The van der Waals surface area contributed by atoms with Gasteiger partial charge in [-0.05, 0) is 33.7 Å². The Morgan fingerprint density at radius 1 is 0.842 bits per heavy atom. The highest BCUT2D eigenvalue weighted by atomic mass is 32.2. The number of fused-ring (bicyclic) bond motifs is 4. The van der Waals surface area contributed by atoms with Gasteiger partial charge in [0.2, 0.25) is 10.0 Å². The molecule has 0 fully saturated rings. The number of carboxylic acid groups (broad SMARTS) is 1. The van der Waals surface area contributed by atoms with Crippen LogP contribution in [0.15, 0.2) is 95.9 Å². The van der Waals surface area contributed by atoms with Crippen LogP contribution in [0.25, 0.3) is 21.9 Å². The molecule has 0 atom stereocenters. The van der Waals surface area contributed by atoms with Crippen molar-refractivity contribution in [1.82, 2.24) is 9.62 Å². The molecule has 0 radical (unpaired) electrons. The molecule has 5 rings (SSSR count). The van der Waals surface area contributed by atoms with Gasteiger partial charge >= 0.3 is 12.1 Å². The number of alkyl carbamates (subject to hydrolysis) is 1. The summed E-state index contributed by atoms with van der Waals surface area (Å²) in [5.41, 5.74) is 4.38. The van der Waals surface area contributed by atoms with E-state index in [1.165, 1.54) is 6.07 Å². The Morgan fingerprint density at radius 3 is 2.13 bits per heavy atom. The number of rotatable bonds is 9. The lowest BCUT2D eigenvalue weighted by atomic mass is 9.98. The predicted octanol–water partition coefficient (Wildman–Crippen LogP) is 4.45. The van der Waals surface area contributed by atoms with Gasteiger partial charge in [0.15, 0.2) is 0 Å². The van der Waals surface area contributed by atoms with Gasteiger partial charge in [-0.2, -0.15) is 4.31 Å². The average molecular weight is 531 g/mol. The van der Waals surface area contributed by atoms with Crippen molar-refractivity contribution >= 4 is 32.9 Å². The van der Waals surface area contributed by atoms with E-state index in [0.717, 1.165) is 31.9 Å². The molecule has 1 amide bonds. The third kappa shape index (κ3) is 4.98. The minimum absolute atomic E-state index is 0.0120. The van der Waals surface area contributed by atoms with E-state index in [1.54, 1.807) is 36.4 Å². The second-order valence-electron chi connectivity index (χ2n) is 8.96. The molecule has 2 N–H and O–H groups in total. The second-order valence-corrected chi connectivity index (χ2v) is 10.9. The molecule has 4 aromatic carbocycles. The molecule has 0 saturated carbocycles. The summed E-state index contributed by atoms with van der Waals surface area (Å²) in [5.74, 6) is -1.40. The van der Waals surface area contributed by atoms with Crippen LogP contribution < -0.4 is 5.32 Å². The van der Waals surface area contributed by atoms with Crippen molar-refractivity contribution in [3.05, 3.63) is 102 Å². The molecule has 1 aliphatic rings. The third-order valence-corrected chi connectivity index (χ3v) is 8.56. The Balaban J connectivity index is 1.24. The molecule has 0 saturated heterocycles. The van der Waals surface area contributed by atoms with E-state index in [4.69, 9.17) is 4.74 Å². The van der Waals surface area contributed by atoms with Gasteiger partial charge in [0, 0.05) is 24.4 Å². The van der Waals surface area contributed by atoms with Crippen molar-refractivity contribution in [3.8, 4) is 11.1 Å². The molecule has 0 unspecified atom stereocenters. The van der Waals surface area contributed by atoms with E-state index in [9.17, 15) is 23.1 Å². The van der Waals surface area contributed by atoms with E-state index in [1.807, 2.05) is 48.5 Å². The lowest BCUT2D eigenvalue weighted by Gasteiger charge is -2.21. The van der Waals surface area contributed by atoms with Crippen LogP contribution in [-0.4, -0.2) is 56.1 Å². The normalized spacial score (nSPS) is 12.8. The van der Waals surface area contributed by atoms with Crippen LogP contribution in [0, 0.1) is 0 Å². The van der Waals surface area contributed by atoms with Gasteiger partial charge < -0.3 is 15.2 Å². The molecule has 0 bridgehead atoms. The molecule has 8 nitrogen and oxygen atoms in total. The molecular weight excluding hydrogens is 504 g/mol. The summed E-state index contributed by atoms with van der Waals surface area (Å²) in [4.78, 5) is 24.0. The number of sulfonamides is 1. The standard InChI is InChI=1S/C29H26N2O6S/c32-28(33)18-31(38(35,36)27-15-7-9-20-8-1-2-10-21(20)27)17-16-30-29(34)37-19-26-24-13-5-3-11-22(24)23-12-4-6-14-25(23)26/h1-15,26H,16-19H2,(H,30,34)(H,32,33). The number of carbonyl (C=O) groups excluding carboxylic acids is 1. The van der Waals surface area contributed by atoms with Crippen molar-refractivity contribution in [2.45, 2.75) is 10.8 Å². The molecule has 0 spiro atoms. The number of ether oxygens (including phenoxy) is 1. The summed E-state index contributed by atoms with van der Waals surface area (Å²) in [5, 5.41) is 13.1. The van der Waals surface area contributed by atoms with E-state index in [2.05, 4.69) is 5.32 Å². The van der Waals surface area contributed by atoms with Gasteiger partial charge in [0.25, 0.3) is 0 Å². The molecular formula is C29H26N2O6S.